The van der Waals surface area contributed by atoms with Crippen LogP contribution in [-0.2, 0) is 11.4 Å². The molecule has 0 aliphatic rings. The summed E-state index contributed by atoms with van der Waals surface area (Å²) >= 11 is -1.16. The molecular weight excluding hydrogens is 273 g/mol. The molecule has 0 amide bonds. The van der Waals surface area contributed by atoms with Crippen LogP contribution in [0.5, 0.6) is 0 Å². The van der Waals surface area contributed by atoms with Crippen LogP contribution in [0.15, 0.2) is 36.4 Å². The molecule has 4 heteroatoms. The molecule has 0 heterocycles. The van der Waals surface area contributed by atoms with Gasteiger partial charge in [-0.3, -0.25) is 0 Å². The fraction of sp³-hybridized carbons (Fsp3) is 0.375. The van der Waals surface area contributed by atoms with Crippen LogP contribution in [0.1, 0.15) is 39.3 Å². The van der Waals surface area contributed by atoms with E-state index in [1.54, 1.807) is 12.1 Å². The van der Waals surface area contributed by atoms with E-state index in [-0.39, 0.29) is 16.6 Å². The van der Waals surface area contributed by atoms with E-state index < -0.39 is 11.4 Å². The Balaban J connectivity index is 2.36. The summed E-state index contributed by atoms with van der Waals surface area (Å²) in [5.41, 5.74) is 0.958. The molecule has 0 saturated carbocycles. The standard InChI is InChI=1S/C16H20FNOS/c1-11(18-20(19)16(2,3)4)12-7-5-9-14-13(12)8-6-10-15(14)17/h5-11,18H,1-4H3/t11-,20-/m1/s1. The summed E-state index contributed by atoms with van der Waals surface area (Å²) < 4.78 is 28.7. The first-order valence-corrected chi connectivity index (χ1v) is 7.81. The molecule has 0 fully saturated rings. The number of fused-ring (bicyclic) bond motifs is 1. The topological polar surface area (TPSA) is 35.1 Å². The van der Waals surface area contributed by atoms with Crippen molar-refractivity contribution in [3.8, 4) is 0 Å². The van der Waals surface area contributed by atoms with Crippen molar-refractivity contribution >= 4 is 22.1 Å². The van der Waals surface area contributed by atoms with E-state index in [0.29, 0.717) is 5.39 Å². The van der Waals surface area contributed by atoms with Gasteiger partial charge in [0.1, 0.15) is 10.6 Å². The monoisotopic (exact) mass is 293 g/mol. The second-order valence-electron chi connectivity index (χ2n) is 5.90. The van der Waals surface area contributed by atoms with E-state index in [1.165, 1.54) is 6.07 Å². The Morgan fingerprint density at radius 3 is 2.35 bits per heavy atom. The largest absolute Gasteiger partial charge is 0.598 e. The fourth-order valence-electron chi connectivity index (χ4n) is 2.07. The minimum absolute atomic E-state index is 0.111. The van der Waals surface area contributed by atoms with Crippen LogP contribution in [0.25, 0.3) is 10.8 Å². The molecule has 2 atom stereocenters. The van der Waals surface area contributed by atoms with Crippen molar-refractivity contribution in [3.05, 3.63) is 47.8 Å². The number of hydrogen-bond donors (Lipinski definition) is 1. The predicted octanol–water partition coefficient (Wildman–Crippen LogP) is 4.09. The Labute approximate surface area is 122 Å². The first-order chi connectivity index (χ1) is 9.30. The zero-order chi connectivity index (χ0) is 14.9. The van der Waals surface area contributed by atoms with Crippen molar-refractivity contribution in [2.75, 3.05) is 0 Å². The lowest BCUT2D eigenvalue weighted by atomic mass is 10.00. The third-order valence-corrected chi connectivity index (χ3v) is 4.89. The van der Waals surface area contributed by atoms with Crippen molar-refractivity contribution in [2.45, 2.75) is 38.5 Å². The Bertz CT molecular complexity index is 609. The van der Waals surface area contributed by atoms with Gasteiger partial charge in [0, 0.05) is 16.7 Å². The Morgan fingerprint density at radius 2 is 1.70 bits per heavy atom. The van der Waals surface area contributed by atoms with E-state index in [0.717, 1.165) is 10.9 Å². The molecule has 2 aromatic rings. The lowest BCUT2D eigenvalue weighted by Gasteiger charge is -2.27. The molecule has 0 saturated heterocycles. The van der Waals surface area contributed by atoms with Crippen molar-refractivity contribution < 1.29 is 8.94 Å². The molecule has 2 nitrogen and oxygen atoms in total. The number of halogens is 1. The zero-order valence-corrected chi connectivity index (χ0v) is 13.1. The molecule has 0 spiro atoms. The number of hydrogen-bond acceptors (Lipinski definition) is 2. The Hall–Kier alpha value is -1.10. The fourth-order valence-corrected chi connectivity index (χ4v) is 2.88. The van der Waals surface area contributed by atoms with E-state index in [4.69, 9.17) is 0 Å². The van der Waals surface area contributed by atoms with Crippen LogP contribution in [0.3, 0.4) is 0 Å². The maximum Gasteiger partial charge on any atom is 0.136 e. The third kappa shape index (κ3) is 3.14. The maximum absolute atomic E-state index is 13.8. The highest BCUT2D eigenvalue weighted by molar-refractivity contribution is 7.90. The molecule has 0 bridgehead atoms. The molecule has 0 aliphatic heterocycles. The average molecular weight is 293 g/mol. The number of benzene rings is 2. The highest BCUT2D eigenvalue weighted by Crippen LogP contribution is 2.27. The average Bonchev–Trinajstić information content (AvgIpc) is 2.37. The highest BCUT2D eigenvalue weighted by Gasteiger charge is 2.28. The van der Waals surface area contributed by atoms with Crippen molar-refractivity contribution in [2.24, 2.45) is 0 Å². The first-order valence-electron chi connectivity index (χ1n) is 6.66. The molecule has 2 aromatic carbocycles. The highest BCUT2D eigenvalue weighted by atomic mass is 32.2. The molecule has 0 radical (unpaired) electrons. The normalized spacial score (nSPS) is 15.3. The van der Waals surface area contributed by atoms with Crippen LogP contribution in [0.2, 0.25) is 0 Å². The van der Waals surface area contributed by atoms with Gasteiger partial charge in [-0.25, -0.2) is 4.39 Å². The molecule has 2 rings (SSSR count). The van der Waals surface area contributed by atoms with Crippen LogP contribution in [0.4, 0.5) is 4.39 Å². The summed E-state index contributed by atoms with van der Waals surface area (Å²) in [6, 6.07) is 10.5. The van der Waals surface area contributed by atoms with E-state index in [9.17, 15) is 8.94 Å². The summed E-state index contributed by atoms with van der Waals surface area (Å²) in [4.78, 5) is 0. The SMILES string of the molecule is C[C@@H](N[S@+]([O-])C(C)(C)C)c1cccc2c(F)cccc12. The van der Waals surface area contributed by atoms with Gasteiger partial charge in [0.2, 0.25) is 0 Å². The van der Waals surface area contributed by atoms with Crippen LogP contribution in [-0.4, -0.2) is 9.30 Å². The summed E-state index contributed by atoms with van der Waals surface area (Å²) in [5.74, 6) is -0.228. The van der Waals surface area contributed by atoms with Gasteiger partial charge in [-0.15, -0.1) is 4.72 Å². The van der Waals surface area contributed by atoms with Gasteiger partial charge in [0.15, 0.2) is 0 Å². The van der Waals surface area contributed by atoms with Crippen molar-refractivity contribution in [1.82, 2.24) is 4.72 Å². The lowest BCUT2D eigenvalue weighted by molar-refractivity contribution is 0.532. The van der Waals surface area contributed by atoms with Crippen molar-refractivity contribution in [1.29, 1.82) is 0 Å². The van der Waals surface area contributed by atoms with Crippen molar-refractivity contribution in [3.63, 3.8) is 0 Å². The van der Waals surface area contributed by atoms with Gasteiger partial charge in [0.25, 0.3) is 0 Å². The Kier molecular flexibility index (Phi) is 4.37. The first kappa shape index (κ1) is 15.3. The Morgan fingerprint density at radius 1 is 1.10 bits per heavy atom. The summed E-state index contributed by atoms with van der Waals surface area (Å²) in [6.45, 7) is 7.71. The predicted molar refractivity (Wildman–Crippen MR) is 83.4 cm³/mol. The summed E-state index contributed by atoms with van der Waals surface area (Å²) in [6.07, 6.45) is 0. The summed E-state index contributed by atoms with van der Waals surface area (Å²) in [5, 5.41) is 1.46. The number of nitrogens with one attached hydrogen (secondary N) is 1. The maximum atomic E-state index is 13.8. The lowest BCUT2D eigenvalue weighted by Crippen LogP contribution is -2.40. The molecule has 0 aliphatic carbocycles. The second-order valence-corrected chi connectivity index (χ2v) is 7.90. The third-order valence-electron chi connectivity index (χ3n) is 3.21. The van der Waals surface area contributed by atoms with E-state index in [2.05, 4.69) is 4.72 Å². The van der Waals surface area contributed by atoms with Gasteiger partial charge < -0.3 is 4.55 Å². The molecule has 0 unspecified atom stereocenters. The smallest absolute Gasteiger partial charge is 0.136 e. The van der Waals surface area contributed by atoms with Gasteiger partial charge >= 0.3 is 0 Å². The molecular formula is C16H20FNOS. The van der Waals surface area contributed by atoms with Gasteiger partial charge in [0.05, 0.1) is 6.04 Å². The van der Waals surface area contributed by atoms with Gasteiger partial charge in [-0.1, -0.05) is 30.3 Å². The second kappa shape index (κ2) is 5.72. The molecule has 1 N–H and O–H groups in total. The van der Waals surface area contributed by atoms with E-state index >= 15 is 0 Å². The molecule has 108 valence electrons. The molecule has 20 heavy (non-hydrogen) atoms. The number of rotatable bonds is 3. The van der Waals surface area contributed by atoms with Crippen LogP contribution < -0.4 is 4.72 Å². The molecule has 0 aromatic heterocycles. The zero-order valence-electron chi connectivity index (χ0n) is 12.2. The van der Waals surface area contributed by atoms with Gasteiger partial charge in [-0.2, -0.15) is 0 Å². The minimum Gasteiger partial charge on any atom is -0.598 e. The quantitative estimate of drug-likeness (QED) is 0.865. The minimum atomic E-state index is -1.16. The van der Waals surface area contributed by atoms with E-state index in [1.807, 2.05) is 45.9 Å². The van der Waals surface area contributed by atoms with Gasteiger partial charge in [-0.05, 0) is 44.7 Å². The van der Waals surface area contributed by atoms with Crippen LogP contribution >= 0.6 is 0 Å². The van der Waals surface area contributed by atoms with Crippen LogP contribution in [0, 0.1) is 5.82 Å². The summed E-state index contributed by atoms with van der Waals surface area (Å²) in [7, 11) is 0.